The predicted molar refractivity (Wildman–Crippen MR) is 75.0 cm³/mol. The zero-order valence-electron chi connectivity index (χ0n) is 11.0. The smallest absolute Gasteiger partial charge is 0.399 e. The third kappa shape index (κ3) is 2.50. The van der Waals surface area contributed by atoms with Crippen LogP contribution >= 0.6 is 0 Å². The van der Waals surface area contributed by atoms with Crippen molar-refractivity contribution >= 4 is 16.6 Å². The van der Waals surface area contributed by atoms with E-state index in [-0.39, 0.29) is 11.4 Å². The third-order valence-electron chi connectivity index (χ3n) is 3.06. The van der Waals surface area contributed by atoms with E-state index in [1.165, 1.54) is 12.1 Å². The van der Waals surface area contributed by atoms with Crippen LogP contribution in [0.4, 0.5) is 18.9 Å². The molecule has 0 fully saturated rings. The standard InChI is InChI=1S/C14H9F3N4O/c15-14(16,17)11-4-1-7(6-19-11)12-20-10-3-2-8(18)5-9(10)13(22)21-12/h1-6H,18H2,(H,20,21,22). The van der Waals surface area contributed by atoms with E-state index in [0.717, 1.165) is 12.3 Å². The minimum absolute atomic E-state index is 0.142. The SMILES string of the molecule is Nc1ccc2nc(-c3ccc(C(F)(F)F)nc3)[nH]c(=O)c2c1. The number of alkyl halides is 3. The van der Waals surface area contributed by atoms with E-state index in [9.17, 15) is 18.0 Å². The van der Waals surface area contributed by atoms with Gasteiger partial charge in [-0.3, -0.25) is 9.78 Å². The Bertz CT molecular complexity index is 901. The van der Waals surface area contributed by atoms with E-state index < -0.39 is 17.4 Å². The number of nitrogens with one attached hydrogen (secondary N) is 1. The van der Waals surface area contributed by atoms with Crippen LogP contribution in [0.3, 0.4) is 0 Å². The lowest BCUT2D eigenvalue weighted by atomic mass is 10.2. The maximum Gasteiger partial charge on any atom is 0.433 e. The first-order valence-corrected chi connectivity index (χ1v) is 6.18. The number of hydrogen-bond acceptors (Lipinski definition) is 4. The highest BCUT2D eigenvalue weighted by Gasteiger charge is 2.32. The summed E-state index contributed by atoms with van der Waals surface area (Å²) in [5, 5.41) is 0.309. The Morgan fingerprint density at radius 3 is 2.55 bits per heavy atom. The lowest BCUT2D eigenvalue weighted by Gasteiger charge is -2.07. The molecule has 0 unspecified atom stereocenters. The maximum atomic E-state index is 12.5. The molecule has 5 nitrogen and oxygen atoms in total. The molecule has 3 N–H and O–H groups in total. The molecular formula is C14H9F3N4O. The highest BCUT2D eigenvalue weighted by atomic mass is 19.4. The maximum absolute atomic E-state index is 12.5. The van der Waals surface area contributed by atoms with E-state index >= 15 is 0 Å². The second-order valence-electron chi connectivity index (χ2n) is 4.62. The number of hydrogen-bond donors (Lipinski definition) is 2. The number of rotatable bonds is 1. The Hall–Kier alpha value is -2.90. The van der Waals surface area contributed by atoms with Crippen molar-refractivity contribution < 1.29 is 13.2 Å². The molecule has 112 valence electrons. The number of aromatic nitrogens is 3. The topological polar surface area (TPSA) is 84.7 Å². The Morgan fingerprint density at radius 2 is 1.91 bits per heavy atom. The number of nitrogen functional groups attached to an aromatic ring is 1. The first-order chi connectivity index (χ1) is 10.3. The second kappa shape index (κ2) is 4.83. The molecule has 8 heteroatoms. The zero-order chi connectivity index (χ0) is 15.9. The molecule has 0 atom stereocenters. The van der Waals surface area contributed by atoms with Crippen LogP contribution in [-0.4, -0.2) is 15.0 Å². The molecule has 0 aliphatic heterocycles. The molecule has 3 rings (SSSR count). The van der Waals surface area contributed by atoms with Crippen molar-refractivity contribution in [1.82, 2.24) is 15.0 Å². The Kier molecular flexibility index (Phi) is 3.09. The van der Waals surface area contributed by atoms with Gasteiger partial charge in [0.15, 0.2) is 0 Å². The van der Waals surface area contributed by atoms with Gasteiger partial charge in [0.05, 0.1) is 10.9 Å². The van der Waals surface area contributed by atoms with Gasteiger partial charge in [-0.25, -0.2) is 4.98 Å². The van der Waals surface area contributed by atoms with Gasteiger partial charge in [-0.2, -0.15) is 13.2 Å². The van der Waals surface area contributed by atoms with Crippen LogP contribution in [0.15, 0.2) is 41.3 Å². The number of aromatic amines is 1. The Morgan fingerprint density at radius 1 is 1.14 bits per heavy atom. The summed E-state index contributed by atoms with van der Waals surface area (Å²) in [6, 6.07) is 6.68. The normalized spacial score (nSPS) is 11.8. The number of halogens is 3. The molecule has 0 saturated heterocycles. The van der Waals surface area contributed by atoms with Crippen LogP contribution in [0.5, 0.6) is 0 Å². The summed E-state index contributed by atoms with van der Waals surface area (Å²) in [5.74, 6) is 0.142. The van der Waals surface area contributed by atoms with Crippen molar-refractivity contribution in [2.24, 2.45) is 0 Å². The largest absolute Gasteiger partial charge is 0.433 e. The van der Waals surface area contributed by atoms with Gasteiger partial charge in [0.25, 0.3) is 5.56 Å². The van der Waals surface area contributed by atoms with Crippen molar-refractivity contribution in [2.45, 2.75) is 6.18 Å². The van der Waals surface area contributed by atoms with Crippen molar-refractivity contribution in [1.29, 1.82) is 0 Å². The van der Waals surface area contributed by atoms with Gasteiger partial charge >= 0.3 is 6.18 Å². The van der Waals surface area contributed by atoms with E-state index in [1.54, 1.807) is 12.1 Å². The Labute approximate surface area is 121 Å². The summed E-state index contributed by atoms with van der Waals surface area (Å²) in [6.07, 6.45) is -3.50. The number of nitrogens with two attached hydrogens (primary N) is 1. The molecule has 0 aliphatic rings. The monoisotopic (exact) mass is 306 g/mol. The van der Waals surface area contributed by atoms with Crippen LogP contribution in [0.25, 0.3) is 22.3 Å². The number of benzene rings is 1. The number of nitrogens with zero attached hydrogens (tertiary/aromatic N) is 2. The first-order valence-electron chi connectivity index (χ1n) is 6.18. The van der Waals surface area contributed by atoms with Gasteiger partial charge in [0.1, 0.15) is 11.5 Å². The van der Waals surface area contributed by atoms with E-state index in [2.05, 4.69) is 15.0 Å². The fraction of sp³-hybridized carbons (Fsp3) is 0.0714. The molecule has 0 amide bonds. The van der Waals surface area contributed by atoms with E-state index in [4.69, 9.17) is 5.73 Å². The van der Waals surface area contributed by atoms with Gasteiger partial charge in [0.2, 0.25) is 0 Å². The van der Waals surface area contributed by atoms with Crippen molar-refractivity contribution in [3.05, 3.63) is 52.6 Å². The summed E-state index contributed by atoms with van der Waals surface area (Å²) in [6.45, 7) is 0. The molecule has 2 aromatic heterocycles. The van der Waals surface area contributed by atoms with Crippen LogP contribution < -0.4 is 11.3 Å². The van der Waals surface area contributed by atoms with Crippen LogP contribution in [0, 0.1) is 0 Å². The van der Waals surface area contributed by atoms with Gasteiger partial charge in [-0.05, 0) is 30.3 Å². The Balaban J connectivity index is 2.11. The van der Waals surface area contributed by atoms with Gasteiger partial charge in [-0.15, -0.1) is 0 Å². The number of H-pyrrole nitrogens is 1. The van der Waals surface area contributed by atoms with Crippen molar-refractivity contribution in [3.8, 4) is 11.4 Å². The predicted octanol–water partition coefficient (Wildman–Crippen LogP) is 2.59. The summed E-state index contributed by atoms with van der Waals surface area (Å²) < 4.78 is 37.5. The molecule has 1 aromatic carbocycles. The third-order valence-corrected chi connectivity index (χ3v) is 3.06. The lowest BCUT2D eigenvalue weighted by molar-refractivity contribution is -0.141. The summed E-state index contributed by atoms with van der Waals surface area (Å²) in [5.41, 5.74) is 5.27. The van der Waals surface area contributed by atoms with Gasteiger partial charge in [-0.1, -0.05) is 0 Å². The first kappa shape index (κ1) is 14.1. The van der Waals surface area contributed by atoms with Crippen molar-refractivity contribution in [3.63, 3.8) is 0 Å². The average Bonchev–Trinajstić information content (AvgIpc) is 2.47. The molecule has 2 heterocycles. The minimum Gasteiger partial charge on any atom is -0.399 e. The molecule has 0 spiro atoms. The molecular weight excluding hydrogens is 297 g/mol. The van der Waals surface area contributed by atoms with Gasteiger partial charge < -0.3 is 10.7 Å². The summed E-state index contributed by atoms with van der Waals surface area (Å²) >= 11 is 0. The molecule has 0 aliphatic carbocycles. The highest BCUT2D eigenvalue weighted by molar-refractivity contribution is 5.82. The van der Waals surface area contributed by atoms with Gasteiger partial charge in [0, 0.05) is 17.4 Å². The molecule has 3 aromatic rings. The number of anilines is 1. The van der Waals surface area contributed by atoms with E-state index in [0.29, 0.717) is 16.6 Å². The van der Waals surface area contributed by atoms with E-state index in [1.807, 2.05) is 0 Å². The minimum atomic E-state index is -4.51. The lowest BCUT2D eigenvalue weighted by Crippen LogP contribution is -2.11. The molecule has 0 bridgehead atoms. The fourth-order valence-corrected chi connectivity index (χ4v) is 1.99. The number of fused-ring (bicyclic) bond motifs is 1. The number of pyridine rings is 1. The zero-order valence-corrected chi connectivity index (χ0v) is 11.0. The van der Waals surface area contributed by atoms with Crippen LogP contribution in [-0.2, 0) is 6.18 Å². The quantitative estimate of drug-likeness (QED) is 0.677. The van der Waals surface area contributed by atoms with Crippen molar-refractivity contribution in [2.75, 3.05) is 5.73 Å². The summed E-state index contributed by atoms with van der Waals surface area (Å²) in [7, 11) is 0. The second-order valence-corrected chi connectivity index (χ2v) is 4.62. The summed E-state index contributed by atoms with van der Waals surface area (Å²) in [4.78, 5) is 22.1. The van der Waals surface area contributed by atoms with Crippen LogP contribution in [0.1, 0.15) is 5.69 Å². The fourth-order valence-electron chi connectivity index (χ4n) is 1.99. The molecule has 0 saturated carbocycles. The molecule has 22 heavy (non-hydrogen) atoms. The average molecular weight is 306 g/mol. The molecule has 0 radical (unpaired) electrons. The van der Waals surface area contributed by atoms with Crippen LogP contribution in [0.2, 0.25) is 0 Å². The highest BCUT2D eigenvalue weighted by Crippen LogP contribution is 2.28.